The van der Waals surface area contributed by atoms with Gasteiger partial charge in [0.25, 0.3) is 0 Å². The molecular formula is C16H29N3O2. The van der Waals surface area contributed by atoms with E-state index < -0.39 is 0 Å². The molecule has 2 fully saturated rings. The summed E-state index contributed by atoms with van der Waals surface area (Å²) < 4.78 is 0. The molecule has 0 aromatic rings. The van der Waals surface area contributed by atoms with Gasteiger partial charge in [-0.3, -0.25) is 9.59 Å². The number of carbonyl (C=O) groups excluding carboxylic acids is 2. The molecule has 120 valence electrons. The maximum Gasteiger partial charge on any atom is 0.225 e. The van der Waals surface area contributed by atoms with Crippen molar-refractivity contribution in [2.24, 2.45) is 17.6 Å². The minimum absolute atomic E-state index is 0.0217. The zero-order valence-electron chi connectivity index (χ0n) is 13.3. The standard InChI is InChI=1S/C16H29N3O2/c1-11(2)15(20)18-14-6-8-19(9-7-14)16(21)12-4-3-5-13(17)10-12/h11-14H,3-10,17H2,1-2H3,(H,18,20). The van der Waals surface area contributed by atoms with Crippen LogP contribution < -0.4 is 11.1 Å². The minimum atomic E-state index is 0.0217. The number of piperidine rings is 1. The first-order valence-corrected chi connectivity index (χ1v) is 8.32. The molecule has 0 aromatic heterocycles. The number of amides is 2. The van der Waals surface area contributed by atoms with Gasteiger partial charge in [0.15, 0.2) is 0 Å². The lowest BCUT2D eigenvalue weighted by Gasteiger charge is -2.36. The Morgan fingerprint density at radius 2 is 1.81 bits per heavy atom. The van der Waals surface area contributed by atoms with E-state index in [0.29, 0.717) is 0 Å². The third-order valence-electron chi connectivity index (χ3n) is 4.74. The molecule has 5 nitrogen and oxygen atoms in total. The van der Waals surface area contributed by atoms with E-state index >= 15 is 0 Å². The first-order valence-electron chi connectivity index (χ1n) is 8.32. The van der Waals surface area contributed by atoms with Crippen molar-refractivity contribution in [1.82, 2.24) is 10.2 Å². The van der Waals surface area contributed by atoms with Crippen LogP contribution in [0.4, 0.5) is 0 Å². The average Bonchev–Trinajstić information content (AvgIpc) is 2.47. The number of hydrogen-bond donors (Lipinski definition) is 2. The Morgan fingerprint density at radius 1 is 1.14 bits per heavy atom. The van der Waals surface area contributed by atoms with Crippen molar-refractivity contribution < 1.29 is 9.59 Å². The van der Waals surface area contributed by atoms with Crippen LogP contribution >= 0.6 is 0 Å². The van der Waals surface area contributed by atoms with E-state index in [1.807, 2.05) is 18.7 Å². The lowest BCUT2D eigenvalue weighted by molar-refractivity contribution is -0.138. The second-order valence-electron chi connectivity index (χ2n) is 6.89. The van der Waals surface area contributed by atoms with E-state index in [1.165, 1.54) is 0 Å². The van der Waals surface area contributed by atoms with Crippen LogP contribution in [0.5, 0.6) is 0 Å². The quantitative estimate of drug-likeness (QED) is 0.823. The Balaban J connectivity index is 1.78. The molecule has 3 N–H and O–H groups in total. The van der Waals surface area contributed by atoms with Crippen molar-refractivity contribution in [3.8, 4) is 0 Å². The Hall–Kier alpha value is -1.10. The lowest BCUT2D eigenvalue weighted by atomic mass is 9.85. The van der Waals surface area contributed by atoms with Gasteiger partial charge in [-0.1, -0.05) is 20.3 Å². The smallest absolute Gasteiger partial charge is 0.225 e. The average molecular weight is 295 g/mol. The zero-order chi connectivity index (χ0) is 15.4. The second-order valence-corrected chi connectivity index (χ2v) is 6.89. The van der Waals surface area contributed by atoms with Gasteiger partial charge < -0.3 is 16.0 Å². The molecular weight excluding hydrogens is 266 g/mol. The van der Waals surface area contributed by atoms with Crippen LogP contribution in [0.25, 0.3) is 0 Å². The highest BCUT2D eigenvalue weighted by Crippen LogP contribution is 2.26. The Bertz CT molecular complexity index is 376. The maximum absolute atomic E-state index is 12.5. The van der Waals surface area contributed by atoms with Gasteiger partial charge in [-0.05, 0) is 32.1 Å². The third-order valence-corrected chi connectivity index (χ3v) is 4.74. The highest BCUT2D eigenvalue weighted by Gasteiger charge is 2.31. The van der Waals surface area contributed by atoms with Crippen LogP contribution in [-0.2, 0) is 9.59 Å². The number of likely N-dealkylation sites (tertiary alicyclic amines) is 1. The summed E-state index contributed by atoms with van der Waals surface area (Å²) in [5.74, 6) is 0.528. The summed E-state index contributed by atoms with van der Waals surface area (Å²) in [5.41, 5.74) is 5.98. The van der Waals surface area contributed by atoms with E-state index in [-0.39, 0.29) is 35.7 Å². The normalized spacial score (nSPS) is 27.7. The van der Waals surface area contributed by atoms with Crippen LogP contribution in [0.15, 0.2) is 0 Å². The summed E-state index contributed by atoms with van der Waals surface area (Å²) in [5, 5.41) is 3.07. The summed E-state index contributed by atoms with van der Waals surface area (Å²) in [7, 11) is 0. The highest BCUT2D eigenvalue weighted by atomic mass is 16.2. The molecule has 1 aliphatic carbocycles. The monoisotopic (exact) mass is 295 g/mol. The van der Waals surface area contributed by atoms with Crippen molar-refractivity contribution in [1.29, 1.82) is 0 Å². The summed E-state index contributed by atoms with van der Waals surface area (Å²) in [6.07, 6.45) is 5.66. The molecule has 2 rings (SSSR count). The number of nitrogens with two attached hydrogens (primary N) is 1. The van der Waals surface area contributed by atoms with Crippen LogP contribution in [0, 0.1) is 11.8 Å². The van der Waals surface area contributed by atoms with Gasteiger partial charge in [0.1, 0.15) is 0 Å². The number of nitrogens with zero attached hydrogens (tertiary/aromatic N) is 1. The number of carbonyl (C=O) groups is 2. The number of rotatable bonds is 3. The highest BCUT2D eigenvalue weighted by molar-refractivity contribution is 5.79. The zero-order valence-corrected chi connectivity index (χ0v) is 13.3. The molecule has 0 radical (unpaired) electrons. The Morgan fingerprint density at radius 3 is 2.38 bits per heavy atom. The van der Waals surface area contributed by atoms with E-state index in [1.54, 1.807) is 0 Å². The molecule has 0 spiro atoms. The van der Waals surface area contributed by atoms with E-state index in [0.717, 1.165) is 51.6 Å². The molecule has 0 bridgehead atoms. The second kappa shape index (κ2) is 7.25. The van der Waals surface area contributed by atoms with E-state index in [2.05, 4.69) is 5.32 Å². The van der Waals surface area contributed by atoms with E-state index in [9.17, 15) is 9.59 Å². The third kappa shape index (κ3) is 4.43. The predicted molar refractivity (Wildman–Crippen MR) is 82.5 cm³/mol. The molecule has 1 aliphatic heterocycles. The van der Waals surface area contributed by atoms with Gasteiger partial charge in [-0.25, -0.2) is 0 Å². The summed E-state index contributed by atoms with van der Waals surface area (Å²) >= 11 is 0. The first-order chi connectivity index (χ1) is 9.97. The van der Waals surface area contributed by atoms with Crippen LogP contribution in [0.2, 0.25) is 0 Å². The topological polar surface area (TPSA) is 75.4 Å². The van der Waals surface area contributed by atoms with Gasteiger partial charge in [0.2, 0.25) is 11.8 Å². The van der Waals surface area contributed by atoms with Crippen LogP contribution in [0.3, 0.4) is 0 Å². The van der Waals surface area contributed by atoms with Crippen molar-refractivity contribution in [3.05, 3.63) is 0 Å². The molecule has 1 saturated carbocycles. The summed E-state index contributed by atoms with van der Waals surface area (Å²) in [6.45, 7) is 5.32. The fourth-order valence-electron chi connectivity index (χ4n) is 3.32. The number of nitrogens with one attached hydrogen (secondary N) is 1. The lowest BCUT2D eigenvalue weighted by Crippen LogP contribution is -2.49. The maximum atomic E-state index is 12.5. The molecule has 1 saturated heterocycles. The Labute approximate surface area is 127 Å². The van der Waals surface area contributed by atoms with Crippen molar-refractivity contribution in [2.75, 3.05) is 13.1 Å². The van der Waals surface area contributed by atoms with Gasteiger partial charge in [0, 0.05) is 37.0 Å². The molecule has 1 heterocycles. The molecule has 2 atom stereocenters. The predicted octanol–water partition coefficient (Wildman–Crippen LogP) is 1.27. The van der Waals surface area contributed by atoms with E-state index in [4.69, 9.17) is 5.73 Å². The fourth-order valence-corrected chi connectivity index (χ4v) is 3.32. The Kier molecular flexibility index (Phi) is 5.62. The molecule has 2 unspecified atom stereocenters. The molecule has 2 amide bonds. The first kappa shape index (κ1) is 16.3. The number of hydrogen-bond acceptors (Lipinski definition) is 3. The van der Waals surface area contributed by atoms with Crippen molar-refractivity contribution in [2.45, 2.75) is 64.5 Å². The molecule has 0 aromatic carbocycles. The van der Waals surface area contributed by atoms with Gasteiger partial charge in [-0.2, -0.15) is 0 Å². The SMILES string of the molecule is CC(C)C(=O)NC1CCN(C(=O)C2CCCC(N)C2)CC1. The molecule has 2 aliphatic rings. The van der Waals surface area contributed by atoms with Crippen LogP contribution in [0.1, 0.15) is 52.4 Å². The van der Waals surface area contributed by atoms with Crippen molar-refractivity contribution in [3.63, 3.8) is 0 Å². The van der Waals surface area contributed by atoms with Crippen LogP contribution in [-0.4, -0.2) is 41.9 Å². The van der Waals surface area contributed by atoms with Gasteiger partial charge in [0.05, 0.1) is 0 Å². The summed E-state index contributed by atoms with van der Waals surface area (Å²) in [4.78, 5) is 26.2. The molecule has 5 heteroatoms. The minimum Gasteiger partial charge on any atom is -0.353 e. The van der Waals surface area contributed by atoms with Gasteiger partial charge >= 0.3 is 0 Å². The fraction of sp³-hybridized carbons (Fsp3) is 0.875. The van der Waals surface area contributed by atoms with Gasteiger partial charge in [-0.15, -0.1) is 0 Å². The largest absolute Gasteiger partial charge is 0.353 e. The summed E-state index contributed by atoms with van der Waals surface area (Å²) in [6, 6.07) is 0.410. The van der Waals surface area contributed by atoms with Crippen molar-refractivity contribution >= 4 is 11.8 Å². The molecule has 21 heavy (non-hydrogen) atoms.